The lowest BCUT2D eigenvalue weighted by molar-refractivity contribution is -0.180. The Labute approximate surface area is 411 Å². The van der Waals surface area contributed by atoms with E-state index in [1.54, 1.807) is 6.92 Å². The molecule has 400 valence electrons. The quantitative estimate of drug-likeness (QED) is 0.0393. The van der Waals surface area contributed by atoms with Crippen molar-refractivity contribution in [3.05, 3.63) is 0 Å². The molecule has 14 nitrogen and oxygen atoms in total. The molecular weight excluding hydrogens is 873 g/mol. The molecule has 14 heteroatoms. The summed E-state index contributed by atoms with van der Waals surface area (Å²) in [6.07, 6.45) is 3.17. The number of hydrogen-bond acceptors (Lipinski definition) is 14. The van der Waals surface area contributed by atoms with E-state index in [1.165, 1.54) is 27.7 Å². The van der Waals surface area contributed by atoms with Crippen LogP contribution >= 0.6 is 0 Å². The summed E-state index contributed by atoms with van der Waals surface area (Å²) in [5.74, 6) is -3.74. The van der Waals surface area contributed by atoms with E-state index >= 15 is 0 Å². The van der Waals surface area contributed by atoms with Crippen molar-refractivity contribution in [2.45, 2.75) is 259 Å². The molecule has 0 aromatic carbocycles. The molecule has 68 heavy (non-hydrogen) atoms. The highest BCUT2D eigenvalue weighted by molar-refractivity contribution is 5.72. The fourth-order valence-electron chi connectivity index (χ4n) is 10.1. The molecule has 1 aliphatic rings. The number of hydrogen-bond donors (Lipinski definition) is 6. The van der Waals surface area contributed by atoms with Crippen LogP contribution in [-0.2, 0) is 38.1 Å². The summed E-state index contributed by atoms with van der Waals surface area (Å²) in [5.41, 5.74) is -6.28. The number of carbonyl (C=O) groups excluding carboxylic acids is 4. The molecule has 0 aliphatic heterocycles. The van der Waals surface area contributed by atoms with Gasteiger partial charge in [-0.1, -0.05) is 82.1 Å². The maximum atomic E-state index is 13.5. The topological polar surface area (TPSA) is 227 Å². The van der Waals surface area contributed by atoms with Gasteiger partial charge in [-0.15, -0.1) is 0 Å². The van der Waals surface area contributed by atoms with Gasteiger partial charge in [0.1, 0.15) is 24.4 Å². The minimum atomic E-state index is -1.66. The van der Waals surface area contributed by atoms with Crippen molar-refractivity contribution in [1.29, 1.82) is 0 Å². The van der Waals surface area contributed by atoms with Crippen molar-refractivity contribution in [2.75, 3.05) is 13.2 Å². The molecule has 0 saturated heterocycles. The van der Waals surface area contributed by atoms with Crippen molar-refractivity contribution in [1.82, 2.24) is 0 Å². The van der Waals surface area contributed by atoms with E-state index in [0.717, 1.165) is 25.7 Å². The summed E-state index contributed by atoms with van der Waals surface area (Å²) in [6, 6.07) is 0. The highest BCUT2D eigenvalue weighted by Gasteiger charge is 2.50. The number of rotatable bonds is 24. The molecule has 1 saturated carbocycles. The van der Waals surface area contributed by atoms with Gasteiger partial charge in [-0.25, -0.2) is 0 Å². The van der Waals surface area contributed by atoms with Crippen molar-refractivity contribution in [3.63, 3.8) is 0 Å². The van der Waals surface area contributed by atoms with Gasteiger partial charge in [-0.05, 0) is 152 Å². The van der Waals surface area contributed by atoms with Crippen LogP contribution in [0.15, 0.2) is 0 Å². The van der Waals surface area contributed by atoms with E-state index in [9.17, 15) is 49.8 Å². The monoisotopic (exact) mass is 973 g/mol. The number of aliphatic hydroxyl groups excluding tert-OH is 2. The molecule has 13 unspecified atom stereocenters. The third-order valence-corrected chi connectivity index (χ3v) is 14.9. The molecule has 0 amide bonds. The molecule has 1 fully saturated rings. The lowest BCUT2D eigenvalue weighted by atomic mass is 9.60. The van der Waals surface area contributed by atoms with Gasteiger partial charge in [0.25, 0.3) is 0 Å². The lowest BCUT2D eigenvalue weighted by Gasteiger charge is -2.50. The summed E-state index contributed by atoms with van der Waals surface area (Å²) >= 11 is 0. The van der Waals surface area contributed by atoms with Gasteiger partial charge in [-0.2, -0.15) is 0 Å². The minimum absolute atomic E-state index is 0.00343. The average molecular weight is 973 g/mol. The van der Waals surface area contributed by atoms with E-state index in [1.807, 2.05) is 34.6 Å². The van der Waals surface area contributed by atoms with Gasteiger partial charge < -0.3 is 49.6 Å². The van der Waals surface area contributed by atoms with Gasteiger partial charge in [0, 0.05) is 20.3 Å². The van der Waals surface area contributed by atoms with Crippen LogP contribution in [0.1, 0.15) is 213 Å². The first kappa shape index (κ1) is 63.7. The Morgan fingerprint density at radius 2 is 1.01 bits per heavy atom. The first-order valence-electron chi connectivity index (χ1n) is 26.3. The van der Waals surface area contributed by atoms with E-state index in [2.05, 4.69) is 27.7 Å². The van der Waals surface area contributed by atoms with Gasteiger partial charge in [-0.3, -0.25) is 19.2 Å². The van der Waals surface area contributed by atoms with Crippen LogP contribution in [0.25, 0.3) is 0 Å². The van der Waals surface area contributed by atoms with Crippen molar-refractivity contribution in [3.8, 4) is 0 Å². The maximum Gasteiger partial charge on any atom is 0.309 e. The fourth-order valence-corrected chi connectivity index (χ4v) is 10.1. The van der Waals surface area contributed by atoms with Crippen LogP contribution < -0.4 is 0 Å². The van der Waals surface area contributed by atoms with Gasteiger partial charge in [0.15, 0.2) is 12.2 Å². The summed E-state index contributed by atoms with van der Waals surface area (Å²) in [7, 11) is 0. The van der Waals surface area contributed by atoms with Crippen LogP contribution in [0.4, 0.5) is 0 Å². The first-order chi connectivity index (χ1) is 31.4. The van der Waals surface area contributed by atoms with Gasteiger partial charge >= 0.3 is 23.9 Å². The van der Waals surface area contributed by atoms with Crippen molar-refractivity contribution in [2.24, 2.45) is 47.3 Å². The number of carbonyl (C=O) groups is 4. The second kappa shape index (κ2) is 29.9. The highest BCUT2D eigenvalue weighted by atomic mass is 16.6. The molecule has 0 aromatic heterocycles. The van der Waals surface area contributed by atoms with E-state index < -0.39 is 88.5 Å². The second-order valence-electron chi connectivity index (χ2n) is 23.0. The molecular formula is C54H100O14. The molecule has 0 spiro atoms. The third kappa shape index (κ3) is 22.8. The molecule has 13 atom stereocenters. The number of ether oxygens (including phenoxy) is 4. The molecule has 0 heterocycles. The smallest absolute Gasteiger partial charge is 0.309 e. The fraction of sp³-hybridized carbons (Fsp3) is 0.926. The number of aliphatic hydroxyl groups is 6. The summed E-state index contributed by atoms with van der Waals surface area (Å²) in [6.45, 7) is 24.5. The zero-order chi connectivity index (χ0) is 52.2. The largest absolute Gasteiger partial charge is 0.462 e. The summed E-state index contributed by atoms with van der Waals surface area (Å²) < 4.78 is 22.0. The zero-order valence-electron chi connectivity index (χ0n) is 45.0. The Kier molecular flexibility index (Phi) is 27.9. The lowest BCUT2D eigenvalue weighted by Crippen LogP contribution is -2.53. The van der Waals surface area contributed by atoms with Gasteiger partial charge in [0.05, 0.1) is 29.3 Å². The Morgan fingerprint density at radius 1 is 0.632 bits per heavy atom. The Morgan fingerprint density at radius 3 is 1.35 bits per heavy atom. The standard InChI is InChI=1S/C54H100O14/c1-15-38(8)50(60)68-48(34-66-42(12)56)52(14,62)25-19-27-54(64)29-23-46(58)40(10)21-17-16-20-39(9)45(57)22-28-53(63,43(30-35(2)3)44(54)31-36(4)5)26-18-24-51(13,61)47(33-65-41(11)55)67-49(59)32-37(6)7/h35-40,43-48,57-58,61-64H,15-34H2,1-14H3. The molecule has 1 aliphatic carbocycles. The van der Waals surface area contributed by atoms with E-state index in [0.29, 0.717) is 32.1 Å². The average Bonchev–Trinajstić information content (AvgIpc) is 3.22. The Bertz CT molecular complexity index is 1480. The van der Waals surface area contributed by atoms with Crippen LogP contribution in [0.5, 0.6) is 0 Å². The van der Waals surface area contributed by atoms with E-state index in [-0.39, 0.29) is 101 Å². The van der Waals surface area contributed by atoms with E-state index in [4.69, 9.17) is 18.9 Å². The first-order valence-corrected chi connectivity index (χ1v) is 26.3. The SMILES string of the molecule is CCC(C)C(=O)OC(COC(C)=O)C(C)(O)CCCC1(O)CCC(O)C(C)CCCCC(C)C(O)CCC(O)(CCCC(C)(O)C(COC(C)=O)OC(=O)CC(C)C)C(CC(C)C)C1CC(C)C. The normalized spacial score (nSPS) is 29.0. The summed E-state index contributed by atoms with van der Waals surface area (Å²) in [4.78, 5) is 49.7. The predicted octanol–water partition coefficient (Wildman–Crippen LogP) is 8.79. The van der Waals surface area contributed by atoms with Crippen LogP contribution in [0, 0.1) is 47.3 Å². The molecule has 0 bridgehead atoms. The van der Waals surface area contributed by atoms with Crippen LogP contribution in [0.3, 0.4) is 0 Å². The third-order valence-electron chi connectivity index (χ3n) is 14.9. The highest BCUT2D eigenvalue weighted by Crippen LogP contribution is 2.49. The molecule has 0 radical (unpaired) electrons. The summed E-state index contributed by atoms with van der Waals surface area (Å²) in [5, 5.41) is 74.3. The van der Waals surface area contributed by atoms with Crippen molar-refractivity contribution < 1.29 is 68.8 Å². The van der Waals surface area contributed by atoms with Crippen molar-refractivity contribution >= 4 is 23.9 Å². The molecule has 0 aromatic rings. The number of esters is 4. The molecule has 6 N–H and O–H groups in total. The minimum Gasteiger partial charge on any atom is -0.462 e. The Hall–Kier alpha value is -2.36. The Balaban J connectivity index is 3.97. The zero-order valence-corrected chi connectivity index (χ0v) is 45.0. The maximum absolute atomic E-state index is 13.5. The second-order valence-corrected chi connectivity index (χ2v) is 23.0. The van der Waals surface area contributed by atoms with Crippen LogP contribution in [-0.4, -0.2) is 115 Å². The molecule has 1 rings (SSSR count). The van der Waals surface area contributed by atoms with Gasteiger partial charge in [0.2, 0.25) is 0 Å². The van der Waals surface area contributed by atoms with Crippen LogP contribution in [0.2, 0.25) is 0 Å². The predicted molar refractivity (Wildman–Crippen MR) is 264 cm³/mol.